The lowest BCUT2D eigenvalue weighted by molar-refractivity contribution is -0.139. The number of aliphatic carboxylic acids is 1. The van der Waals surface area contributed by atoms with Crippen LogP contribution in [0.3, 0.4) is 0 Å². The number of carbonyl (C=O) groups excluding carboxylic acids is 3. The number of nitrogens with two attached hydrogens (primary N) is 1. The molecule has 0 saturated carbocycles. The van der Waals surface area contributed by atoms with Crippen LogP contribution in [-0.2, 0) is 28.6 Å². The van der Waals surface area contributed by atoms with Crippen molar-refractivity contribution in [2.45, 2.75) is 24.9 Å². The summed E-state index contributed by atoms with van der Waals surface area (Å²) in [4.78, 5) is 60.8. The van der Waals surface area contributed by atoms with Gasteiger partial charge in [-0.15, -0.1) is 0 Å². The summed E-state index contributed by atoms with van der Waals surface area (Å²) in [6, 6.07) is 4.13. The molecule has 0 radical (unpaired) electrons. The Morgan fingerprint density at radius 1 is 1.05 bits per heavy atom. The molecule has 2 atom stereocenters. The predicted molar refractivity (Wildman–Crippen MR) is 161 cm³/mol. The first-order chi connectivity index (χ1) is 21.3. The van der Waals surface area contributed by atoms with Gasteiger partial charge in [-0.25, -0.2) is 9.79 Å². The zero-order valence-electron chi connectivity index (χ0n) is 24.0. The first-order valence-electron chi connectivity index (χ1n) is 13.9. The van der Waals surface area contributed by atoms with Crippen molar-refractivity contribution in [2.24, 2.45) is 20.7 Å². The molecule has 0 aromatic heterocycles. The van der Waals surface area contributed by atoms with Crippen LogP contribution in [0.1, 0.15) is 23.2 Å². The molecule has 2 heterocycles. The maximum atomic E-state index is 12.7. The van der Waals surface area contributed by atoms with Gasteiger partial charge in [-0.2, -0.15) is 4.99 Å². The molecule has 8 N–H and O–H groups in total. The average molecular weight is 616 g/mol. The highest BCUT2D eigenvalue weighted by atomic mass is 16.5. The Hall–Kier alpha value is -4.58. The number of nitrogens with zero attached hydrogens (tertiary/aromatic N) is 3. The van der Waals surface area contributed by atoms with E-state index in [-0.39, 0.29) is 55.8 Å². The Morgan fingerprint density at radius 3 is 2.41 bits per heavy atom. The van der Waals surface area contributed by atoms with Gasteiger partial charge in [0.1, 0.15) is 6.04 Å². The van der Waals surface area contributed by atoms with Crippen molar-refractivity contribution in [3.8, 4) is 0 Å². The molecule has 1 unspecified atom stereocenters. The number of fused-ring (bicyclic) bond motifs is 1. The number of hydrogen-bond donors (Lipinski definition) is 7. The number of aliphatic imine (C=N–C) groups is 3. The lowest BCUT2D eigenvalue weighted by Crippen LogP contribution is -2.47. The fourth-order valence-corrected chi connectivity index (χ4v) is 3.84. The van der Waals surface area contributed by atoms with Gasteiger partial charge in [0.25, 0.3) is 11.8 Å². The standard InChI is InChI=1S/C27H37N9O8/c28-7-9-42-11-13-44-14-12-43-10-8-30-21(37)6-5-20(26(40)41)34-24(38)17-1-3-18(4-2-17)31-15-19-16-32-23-22(33-19)25(39)36-27(29)35-23/h1-4,16,20,22,31H,5-15,28H2,(H,30,37)(H,34,38)(H,40,41)(H2,29,36,39)/t20-,22?/m0/s1. The van der Waals surface area contributed by atoms with Crippen molar-refractivity contribution < 1.29 is 38.5 Å². The lowest BCUT2D eigenvalue weighted by atomic mass is 10.1. The van der Waals surface area contributed by atoms with E-state index in [0.717, 1.165) is 0 Å². The Balaban J connectivity index is 1.33. The van der Waals surface area contributed by atoms with Crippen molar-refractivity contribution in [1.82, 2.24) is 16.0 Å². The van der Waals surface area contributed by atoms with E-state index in [9.17, 15) is 24.3 Å². The molecule has 3 amide bonds. The number of amidine groups is 1. The number of benzene rings is 1. The SMILES string of the molecule is N=C1N=C2N=CC(CNc3ccc(C(=O)N[C@@H](CCC(=O)NCCOCCOCCOCCN)C(=O)O)cc3)=NC2C(=O)N1. The number of carboxylic acids is 1. The molecule has 17 heteroatoms. The highest BCUT2D eigenvalue weighted by Gasteiger charge is 2.31. The van der Waals surface area contributed by atoms with Gasteiger partial charge >= 0.3 is 5.97 Å². The van der Waals surface area contributed by atoms with Gasteiger partial charge < -0.3 is 41.0 Å². The van der Waals surface area contributed by atoms with E-state index >= 15 is 0 Å². The minimum absolute atomic E-state index is 0.0935. The average Bonchev–Trinajstić information content (AvgIpc) is 3.01. The van der Waals surface area contributed by atoms with Crippen LogP contribution < -0.4 is 27.0 Å². The van der Waals surface area contributed by atoms with Gasteiger partial charge in [0.2, 0.25) is 11.9 Å². The number of carbonyl (C=O) groups is 4. The second-order valence-electron chi connectivity index (χ2n) is 9.40. The number of nitrogens with one attached hydrogen (secondary N) is 5. The largest absolute Gasteiger partial charge is 0.480 e. The van der Waals surface area contributed by atoms with Gasteiger partial charge in [0.15, 0.2) is 11.9 Å². The summed E-state index contributed by atoms with van der Waals surface area (Å²) >= 11 is 0. The summed E-state index contributed by atoms with van der Waals surface area (Å²) in [5.41, 5.74) is 6.68. The predicted octanol–water partition coefficient (Wildman–Crippen LogP) is -1.46. The third-order valence-electron chi connectivity index (χ3n) is 6.06. The molecule has 3 rings (SSSR count). The smallest absolute Gasteiger partial charge is 0.326 e. The molecule has 44 heavy (non-hydrogen) atoms. The van der Waals surface area contributed by atoms with Gasteiger partial charge in [-0.3, -0.25) is 30.1 Å². The van der Waals surface area contributed by atoms with Gasteiger partial charge in [0.05, 0.1) is 58.1 Å². The molecule has 1 aromatic rings. The Bertz CT molecular complexity index is 1270. The summed E-state index contributed by atoms with van der Waals surface area (Å²) < 4.78 is 15.9. The fourth-order valence-electron chi connectivity index (χ4n) is 3.84. The lowest BCUT2D eigenvalue weighted by Gasteiger charge is -2.21. The summed E-state index contributed by atoms with van der Waals surface area (Å²) in [7, 11) is 0. The van der Waals surface area contributed by atoms with E-state index in [0.29, 0.717) is 51.0 Å². The minimum Gasteiger partial charge on any atom is -0.480 e. The normalized spacial score (nSPS) is 16.2. The van der Waals surface area contributed by atoms with Gasteiger partial charge in [-0.05, 0) is 30.7 Å². The molecule has 2 aliphatic rings. The summed E-state index contributed by atoms with van der Waals surface area (Å²) in [6.45, 7) is 3.33. The van der Waals surface area contributed by atoms with Crippen molar-refractivity contribution in [3.63, 3.8) is 0 Å². The van der Waals surface area contributed by atoms with Crippen LogP contribution >= 0.6 is 0 Å². The van der Waals surface area contributed by atoms with Crippen LogP contribution in [0.25, 0.3) is 0 Å². The van der Waals surface area contributed by atoms with E-state index in [4.69, 9.17) is 25.4 Å². The van der Waals surface area contributed by atoms with E-state index in [1.807, 2.05) is 0 Å². The van der Waals surface area contributed by atoms with Crippen LogP contribution in [-0.4, -0.2) is 124 Å². The number of carboxylic acid groups (broad SMARTS) is 1. The molecule has 0 fully saturated rings. The summed E-state index contributed by atoms with van der Waals surface area (Å²) in [5.74, 6) is -2.83. The molecule has 0 saturated heterocycles. The Kier molecular flexibility index (Phi) is 14.0. The number of anilines is 1. The second-order valence-corrected chi connectivity index (χ2v) is 9.40. The topological polar surface area (TPSA) is 251 Å². The number of ether oxygens (including phenoxy) is 3. The zero-order valence-corrected chi connectivity index (χ0v) is 24.0. The molecule has 17 nitrogen and oxygen atoms in total. The molecule has 0 bridgehead atoms. The molecule has 0 aliphatic carbocycles. The molecule has 1 aromatic carbocycles. The third-order valence-corrected chi connectivity index (χ3v) is 6.06. The first kappa shape index (κ1) is 33.9. The van der Waals surface area contributed by atoms with Gasteiger partial charge in [-0.1, -0.05) is 0 Å². The number of rotatable bonds is 20. The molecular formula is C27H37N9O8. The van der Waals surface area contributed by atoms with Crippen molar-refractivity contribution in [3.05, 3.63) is 29.8 Å². The van der Waals surface area contributed by atoms with Crippen LogP contribution in [0, 0.1) is 5.41 Å². The van der Waals surface area contributed by atoms with E-state index < -0.39 is 29.9 Å². The summed E-state index contributed by atoms with van der Waals surface area (Å²) in [6.07, 6.45) is 1.26. The molecule has 2 aliphatic heterocycles. The fraction of sp³-hybridized carbons (Fsp3) is 0.481. The highest BCUT2D eigenvalue weighted by molar-refractivity contribution is 6.38. The molecule has 238 valence electrons. The second kappa shape index (κ2) is 18.2. The molecular weight excluding hydrogens is 578 g/mol. The summed E-state index contributed by atoms with van der Waals surface area (Å²) in [5, 5.41) is 27.5. The van der Waals surface area contributed by atoms with E-state index in [2.05, 4.69) is 36.2 Å². The monoisotopic (exact) mass is 615 g/mol. The molecule has 0 spiro atoms. The minimum atomic E-state index is -1.26. The number of hydrogen-bond acceptors (Lipinski definition) is 12. The van der Waals surface area contributed by atoms with E-state index in [1.165, 1.54) is 18.3 Å². The number of guanidine groups is 1. The van der Waals surface area contributed by atoms with E-state index in [1.54, 1.807) is 12.1 Å². The van der Waals surface area contributed by atoms with Crippen LogP contribution in [0.5, 0.6) is 0 Å². The quantitative estimate of drug-likeness (QED) is 0.0840. The van der Waals surface area contributed by atoms with Crippen molar-refractivity contribution >= 4 is 53.1 Å². The maximum Gasteiger partial charge on any atom is 0.326 e. The highest BCUT2D eigenvalue weighted by Crippen LogP contribution is 2.12. The van der Waals surface area contributed by atoms with Crippen LogP contribution in [0.15, 0.2) is 39.2 Å². The zero-order chi connectivity index (χ0) is 31.7. The maximum absolute atomic E-state index is 12.7. The first-order valence-corrected chi connectivity index (χ1v) is 13.9. The van der Waals surface area contributed by atoms with Crippen LogP contribution in [0.2, 0.25) is 0 Å². The third kappa shape index (κ3) is 11.6. The van der Waals surface area contributed by atoms with Crippen LogP contribution in [0.4, 0.5) is 5.69 Å². The van der Waals surface area contributed by atoms with Crippen molar-refractivity contribution in [2.75, 3.05) is 64.6 Å². The number of amides is 3. The Labute approximate surface area is 253 Å². The van der Waals surface area contributed by atoms with Crippen molar-refractivity contribution in [1.29, 1.82) is 5.41 Å². The van der Waals surface area contributed by atoms with Gasteiger partial charge in [0, 0.05) is 30.8 Å². The Morgan fingerprint density at radius 2 is 1.73 bits per heavy atom.